The molecule has 2 aromatic rings. The van der Waals surface area contributed by atoms with Gasteiger partial charge in [0.1, 0.15) is 0 Å². The third-order valence-corrected chi connectivity index (χ3v) is 6.65. The molecule has 0 aliphatic heterocycles. The van der Waals surface area contributed by atoms with Crippen molar-refractivity contribution in [2.75, 3.05) is 0 Å². The van der Waals surface area contributed by atoms with E-state index >= 15 is 0 Å². The first-order valence-electron chi connectivity index (χ1n) is 7.41. The minimum absolute atomic E-state index is 0.850. The van der Waals surface area contributed by atoms with Gasteiger partial charge in [0.05, 0.1) is 0 Å². The zero-order valence-electron chi connectivity index (χ0n) is 13.0. The average Bonchev–Trinajstić information content (AvgIpc) is 2.60. The number of hydrogen-bond acceptors (Lipinski definition) is 1. The van der Waals surface area contributed by atoms with E-state index in [9.17, 15) is 4.57 Å². The summed E-state index contributed by atoms with van der Waals surface area (Å²) < 4.78 is 14.0. The van der Waals surface area contributed by atoms with Gasteiger partial charge < -0.3 is 4.57 Å². The van der Waals surface area contributed by atoms with Crippen molar-refractivity contribution in [1.29, 1.82) is 0 Å². The summed E-state index contributed by atoms with van der Waals surface area (Å²) in [7, 11) is -2.83. The maximum absolute atomic E-state index is 14.0. The van der Waals surface area contributed by atoms with E-state index < -0.39 is 7.14 Å². The largest absolute Gasteiger partial charge is 0.309 e. The lowest BCUT2D eigenvalue weighted by molar-refractivity contribution is 0.591. The topological polar surface area (TPSA) is 17.1 Å². The van der Waals surface area contributed by atoms with Crippen LogP contribution in [0.3, 0.4) is 0 Å². The molecule has 0 bridgehead atoms. The van der Waals surface area contributed by atoms with Crippen LogP contribution in [-0.2, 0) is 4.57 Å². The van der Waals surface area contributed by atoms with Crippen molar-refractivity contribution in [2.24, 2.45) is 0 Å². The van der Waals surface area contributed by atoms with Crippen molar-refractivity contribution in [1.82, 2.24) is 0 Å². The minimum atomic E-state index is -2.83. The normalized spacial score (nSPS) is 13.1. The molecule has 2 heteroatoms. The maximum Gasteiger partial charge on any atom is 0.170 e. The van der Waals surface area contributed by atoms with E-state index in [-0.39, 0.29) is 0 Å². The summed E-state index contributed by atoms with van der Waals surface area (Å²) in [6.45, 7) is 3.90. The highest BCUT2D eigenvalue weighted by molar-refractivity contribution is 7.82. The molecule has 0 aliphatic carbocycles. The highest BCUT2D eigenvalue weighted by Gasteiger charge is 2.29. The molecular formula is C20H21OP. The lowest BCUT2D eigenvalue weighted by Crippen LogP contribution is -2.16. The van der Waals surface area contributed by atoms with Gasteiger partial charge in [-0.3, -0.25) is 0 Å². The quantitative estimate of drug-likeness (QED) is 0.559. The van der Waals surface area contributed by atoms with E-state index in [2.05, 4.69) is 0 Å². The molecule has 0 aliphatic rings. The Bertz CT molecular complexity index is 681. The Morgan fingerprint density at radius 1 is 0.818 bits per heavy atom. The van der Waals surface area contributed by atoms with Crippen LogP contribution in [0.4, 0.5) is 0 Å². The monoisotopic (exact) mass is 308 g/mol. The van der Waals surface area contributed by atoms with Crippen molar-refractivity contribution in [3.8, 4) is 0 Å². The highest BCUT2D eigenvalue weighted by atomic mass is 31.2. The SMILES string of the molecule is C\C=C/C=C\C(=C/C)P(=O)(c1ccccc1)c1ccccc1. The molecule has 0 N–H and O–H groups in total. The highest BCUT2D eigenvalue weighted by Crippen LogP contribution is 2.52. The molecule has 0 atom stereocenters. The summed E-state index contributed by atoms with van der Waals surface area (Å²) in [5, 5.41) is 2.57. The Kier molecular flexibility index (Phi) is 5.75. The summed E-state index contributed by atoms with van der Waals surface area (Å²) in [4.78, 5) is 0. The van der Waals surface area contributed by atoms with Gasteiger partial charge in [-0.2, -0.15) is 0 Å². The van der Waals surface area contributed by atoms with Gasteiger partial charge in [0, 0.05) is 15.9 Å². The molecule has 0 radical (unpaired) electrons. The number of hydrogen-bond donors (Lipinski definition) is 0. The molecule has 0 aromatic heterocycles. The van der Waals surface area contributed by atoms with Crippen molar-refractivity contribution in [3.63, 3.8) is 0 Å². The van der Waals surface area contributed by atoms with Crippen LogP contribution in [0.25, 0.3) is 0 Å². The van der Waals surface area contributed by atoms with Crippen LogP contribution in [0, 0.1) is 0 Å². The van der Waals surface area contributed by atoms with E-state index in [1.807, 2.05) is 105 Å². The molecule has 0 spiro atoms. The molecule has 0 saturated carbocycles. The van der Waals surface area contributed by atoms with Crippen LogP contribution >= 0.6 is 7.14 Å². The molecule has 0 unspecified atom stereocenters. The molecule has 0 heterocycles. The minimum Gasteiger partial charge on any atom is -0.309 e. The van der Waals surface area contributed by atoms with Gasteiger partial charge in [0.25, 0.3) is 0 Å². The van der Waals surface area contributed by atoms with Gasteiger partial charge in [-0.1, -0.05) is 91.0 Å². The van der Waals surface area contributed by atoms with Crippen LogP contribution in [0.15, 0.2) is 96.4 Å². The second kappa shape index (κ2) is 7.77. The lowest BCUT2D eigenvalue weighted by Gasteiger charge is -2.20. The Morgan fingerprint density at radius 2 is 1.32 bits per heavy atom. The molecular weight excluding hydrogens is 287 g/mol. The summed E-state index contributed by atoms with van der Waals surface area (Å²) >= 11 is 0. The van der Waals surface area contributed by atoms with E-state index in [0.29, 0.717) is 0 Å². The summed E-state index contributed by atoms with van der Waals surface area (Å²) in [6, 6.07) is 19.4. The van der Waals surface area contributed by atoms with Crippen molar-refractivity contribution in [3.05, 3.63) is 96.4 Å². The predicted molar refractivity (Wildman–Crippen MR) is 97.5 cm³/mol. The maximum atomic E-state index is 14.0. The first-order valence-corrected chi connectivity index (χ1v) is 9.11. The Labute approximate surface area is 133 Å². The fourth-order valence-electron chi connectivity index (χ4n) is 2.37. The first kappa shape index (κ1) is 16.3. The Hall–Kier alpha value is -2.11. The van der Waals surface area contributed by atoms with Crippen LogP contribution in [0.5, 0.6) is 0 Å². The molecule has 2 aromatic carbocycles. The van der Waals surface area contributed by atoms with Gasteiger partial charge >= 0.3 is 0 Å². The van der Waals surface area contributed by atoms with E-state index in [1.54, 1.807) is 0 Å². The molecule has 0 saturated heterocycles. The van der Waals surface area contributed by atoms with Crippen molar-refractivity contribution < 1.29 is 4.57 Å². The van der Waals surface area contributed by atoms with Crippen LogP contribution in [0.2, 0.25) is 0 Å². The average molecular weight is 308 g/mol. The molecule has 0 fully saturated rings. The van der Waals surface area contributed by atoms with Crippen LogP contribution in [0.1, 0.15) is 13.8 Å². The van der Waals surface area contributed by atoms with Crippen molar-refractivity contribution in [2.45, 2.75) is 13.8 Å². The van der Waals surface area contributed by atoms with E-state index in [1.165, 1.54) is 0 Å². The molecule has 1 nitrogen and oxygen atoms in total. The molecule has 22 heavy (non-hydrogen) atoms. The smallest absolute Gasteiger partial charge is 0.170 e. The zero-order chi connectivity index (χ0) is 15.8. The summed E-state index contributed by atoms with van der Waals surface area (Å²) in [5.74, 6) is 0. The van der Waals surface area contributed by atoms with Gasteiger partial charge in [-0.05, 0) is 13.8 Å². The lowest BCUT2D eigenvalue weighted by atomic mass is 10.4. The summed E-state index contributed by atoms with van der Waals surface area (Å²) in [6.07, 6.45) is 9.74. The first-order chi connectivity index (χ1) is 10.7. The Balaban J connectivity index is 2.64. The fraction of sp³-hybridized carbons (Fsp3) is 0.100. The predicted octanol–water partition coefficient (Wildman–Crippen LogP) is 5.04. The number of benzene rings is 2. The van der Waals surface area contributed by atoms with Gasteiger partial charge in [0.2, 0.25) is 0 Å². The second-order valence-corrected chi connectivity index (χ2v) is 7.65. The fourth-order valence-corrected chi connectivity index (χ4v) is 5.11. The third-order valence-electron chi connectivity index (χ3n) is 3.47. The second-order valence-electron chi connectivity index (χ2n) is 4.88. The van der Waals surface area contributed by atoms with Gasteiger partial charge in [-0.25, -0.2) is 0 Å². The van der Waals surface area contributed by atoms with Gasteiger partial charge in [0.15, 0.2) is 7.14 Å². The van der Waals surface area contributed by atoms with Gasteiger partial charge in [-0.15, -0.1) is 0 Å². The van der Waals surface area contributed by atoms with E-state index in [4.69, 9.17) is 0 Å². The number of rotatable bonds is 5. The van der Waals surface area contributed by atoms with Crippen LogP contribution in [-0.4, -0.2) is 0 Å². The molecule has 0 amide bonds. The number of allylic oxidation sites excluding steroid dienone is 6. The summed E-state index contributed by atoms with van der Waals surface area (Å²) in [5.41, 5.74) is 0. The Morgan fingerprint density at radius 3 is 1.73 bits per heavy atom. The standard InChI is InChI=1S/C20H21OP/c1-3-5-8-13-18(4-2)22(21,19-14-9-6-10-15-19)20-16-11-7-12-17-20/h3-17H,1-2H3/b5-3-,13-8-,18-4+. The molecule has 112 valence electrons. The third kappa shape index (κ3) is 3.37. The molecule has 2 rings (SSSR count). The van der Waals surface area contributed by atoms with Crippen molar-refractivity contribution >= 4 is 17.8 Å². The van der Waals surface area contributed by atoms with E-state index in [0.717, 1.165) is 15.9 Å². The zero-order valence-corrected chi connectivity index (χ0v) is 13.9. The van der Waals surface area contributed by atoms with Crippen LogP contribution < -0.4 is 10.6 Å².